The Morgan fingerprint density at radius 1 is 1.00 bits per heavy atom. The van der Waals surface area contributed by atoms with Gasteiger partial charge in [0.05, 0.1) is 16.7 Å². The number of amides is 1. The summed E-state index contributed by atoms with van der Waals surface area (Å²) in [5, 5.41) is 3.06. The molecule has 1 amide bonds. The minimum Gasteiger partial charge on any atom is -0.370 e. The van der Waals surface area contributed by atoms with Crippen LogP contribution < -0.4 is 5.32 Å². The Labute approximate surface area is 239 Å². The van der Waals surface area contributed by atoms with Crippen molar-refractivity contribution in [3.8, 4) is 0 Å². The molecule has 208 valence electrons. The van der Waals surface area contributed by atoms with Crippen LogP contribution in [-0.2, 0) is 32.6 Å². The summed E-state index contributed by atoms with van der Waals surface area (Å²) in [7, 11) is -1.81. The Balaban J connectivity index is 1.22. The fraction of sp³-hybridized carbons (Fsp3) is 0.500. The molecule has 8 nitrogen and oxygen atoms in total. The highest BCUT2D eigenvalue weighted by atomic mass is 35.5. The number of halogens is 3. The third kappa shape index (κ3) is 7.61. The van der Waals surface area contributed by atoms with Crippen molar-refractivity contribution in [1.29, 1.82) is 0 Å². The zero-order valence-electron chi connectivity index (χ0n) is 21.3. The maximum absolute atomic E-state index is 13.3. The molecule has 12 heteroatoms. The van der Waals surface area contributed by atoms with Crippen molar-refractivity contribution in [1.82, 2.24) is 19.4 Å². The first-order valence-corrected chi connectivity index (χ1v) is 15.2. The number of likely N-dealkylation sites (N-methyl/N-ethyl adjacent to an activating group) is 1. The van der Waals surface area contributed by atoms with Crippen molar-refractivity contribution in [3.63, 3.8) is 0 Å². The minimum atomic E-state index is -3.95. The summed E-state index contributed by atoms with van der Waals surface area (Å²) in [4.78, 5) is 17.0. The van der Waals surface area contributed by atoms with Crippen molar-refractivity contribution < 1.29 is 17.9 Å². The summed E-state index contributed by atoms with van der Waals surface area (Å²) >= 11 is 18.3. The van der Waals surface area contributed by atoms with Crippen molar-refractivity contribution in [2.75, 3.05) is 53.0 Å². The molecule has 2 aliphatic rings. The number of piperazine rings is 1. The Kier molecular flexibility index (Phi) is 10.3. The van der Waals surface area contributed by atoms with Crippen LogP contribution in [0.5, 0.6) is 0 Å². The minimum absolute atomic E-state index is 0.0270. The molecule has 1 N–H and O–H groups in total. The highest BCUT2D eigenvalue weighted by Gasteiger charge is 2.38. The maximum Gasteiger partial charge on any atom is 0.246 e. The van der Waals surface area contributed by atoms with Gasteiger partial charge in [0.15, 0.2) is 0 Å². The van der Waals surface area contributed by atoms with Gasteiger partial charge in [-0.25, -0.2) is 8.42 Å². The van der Waals surface area contributed by atoms with Crippen LogP contribution in [0, 0.1) is 0 Å². The van der Waals surface area contributed by atoms with Gasteiger partial charge in [0.2, 0.25) is 15.9 Å². The van der Waals surface area contributed by atoms with E-state index in [1.807, 2.05) is 12.1 Å². The van der Waals surface area contributed by atoms with Crippen LogP contribution in [0.2, 0.25) is 15.1 Å². The first-order valence-electron chi connectivity index (χ1n) is 12.6. The number of carbonyl (C=O) groups is 1. The highest BCUT2D eigenvalue weighted by Crippen LogP contribution is 2.37. The number of nitrogens with zero attached hydrogens (tertiary/aromatic N) is 3. The second kappa shape index (κ2) is 13.3. The second-order valence-corrected chi connectivity index (χ2v) is 12.9. The number of nitrogens with one attached hydrogen (secondary N) is 1. The number of rotatable bonds is 10. The lowest BCUT2D eigenvalue weighted by Crippen LogP contribution is -2.43. The third-order valence-corrected chi connectivity index (χ3v) is 10.0. The molecule has 0 aromatic heterocycles. The molecule has 2 aliphatic heterocycles. The number of sulfonamides is 1. The predicted molar refractivity (Wildman–Crippen MR) is 150 cm³/mol. The van der Waals surface area contributed by atoms with Gasteiger partial charge < -0.3 is 15.0 Å². The van der Waals surface area contributed by atoms with Gasteiger partial charge in [-0.3, -0.25) is 9.69 Å². The van der Waals surface area contributed by atoms with E-state index in [-0.39, 0.29) is 39.1 Å². The zero-order valence-corrected chi connectivity index (χ0v) is 24.4. The first kappa shape index (κ1) is 29.6. The maximum atomic E-state index is 13.3. The lowest BCUT2D eigenvalue weighted by molar-refractivity contribution is -0.126. The zero-order chi connectivity index (χ0) is 27.3. The van der Waals surface area contributed by atoms with E-state index in [0.29, 0.717) is 25.9 Å². The number of hydrogen-bond donors (Lipinski definition) is 1. The molecule has 0 saturated carbocycles. The molecule has 1 atom stereocenters. The fourth-order valence-electron chi connectivity index (χ4n) is 4.75. The van der Waals surface area contributed by atoms with Crippen molar-refractivity contribution in [2.24, 2.45) is 0 Å². The summed E-state index contributed by atoms with van der Waals surface area (Å²) in [6.45, 7) is 5.90. The van der Waals surface area contributed by atoms with Crippen LogP contribution >= 0.6 is 34.8 Å². The van der Waals surface area contributed by atoms with E-state index in [9.17, 15) is 13.2 Å². The normalized spacial score (nSPS) is 19.6. The highest BCUT2D eigenvalue weighted by molar-refractivity contribution is 7.89. The van der Waals surface area contributed by atoms with Crippen LogP contribution in [0.3, 0.4) is 0 Å². The molecular weight excluding hydrogens is 571 g/mol. The molecular formula is C26H33Cl3N4O4S. The Morgan fingerprint density at radius 2 is 1.63 bits per heavy atom. The topological polar surface area (TPSA) is 82.2 Å². The molecule has 0 aliphatic carbocycles. The quantitative estimate of drug-likeness (QED) is 0.444. The molecule has 4 rings (SSSR count). The Hall–Kier alpha value is -1.43. The van der Waals surface area contributed by atoms with Gasteiger partial charge in [-0.2, -0.15) is 4.31 Å². The molecule has 2 aromatic carbocycles. The summed E-state index contributed by atoms with van der Waals surface area (Å²) in [5.41, 5.74) is 2.26. The van der Waals surface area contributed by atoms with Crippen molar-refractivity contribution in [2.45, 2.75) is 36.9 Å². The number of hydrogen-bond acceptors (Lipinski definition) is 6. The van der Waals surface area contributed by atoms with E-state index < -0.39 is 16.1 Å². The largest absolute Gasteiger partial charge is 0.370 e. The molecule has 1 unspecified atom stereocenters. The van der Waals surface area contributed by atoms with Crippen LogP contribution in [0.15, 0.2) is 41.3 Å². The Bertz CT molecular complexity index is 1200. The van der Waals surface area contributed by atoms with E-state index >= 15 is 0 Å². The summed E-state index contributed by atoms with van der Waals surface area (Å²) < 4.78 is 33.5. The van der Waals surface area contributed by atoms with Crippen LogP contribution in [0.4, 0.5) is 0 Å². The lowest BCUT2D eigenvalue weighted by atomic mass is 10.1. The molecule has 2 heterocycles. The summed E-state index contributed by atoms with van der Waals surface area (Å²) in [6, 6.07) is 10.6. The number of carbonyl (C=O) groups excluding carboxylic acids is 1. The van der Waals surface area contributed by atoms with Gasteiger partial charge in [-0.15, -0.1) is 0 Å². The van der Waals surface area contributed by atoms with E-state index in [1.54, 1.807) is 0 Å². The standard InChI is InChI=1S/C26H33Cl3N4O4S/c1-31-9-11-32(12-10-31)16-20-6-4-19(5-7-20)15-30-25(34)18-37-17-22-3-2-8-33(22)38(35,36)26-23(28)13-21(27)14-24(26)29/h4-7,13-14,22H,2-3,8-12,15-18H2,1H3,(H,30,34). The average molecular weight is 604 g/mol. The monoisotopic (exact) mass is 602 g/mol. The van der Waals surface area contributed by atoms with Gasteiger partial charge in [0.25, 0.3) is 0 Å². The van der Waals surface area contributed by atoms with Crippen molar-refractivity contribution >= 4 is 50.7 Å². The van der Waals surface area contributed by atoms with Gasteiger partial charge in [0.1, 0.15) is 11.5 Å². The van der Waals surface area contributed by atoms with E-state index in [0.717, 1.165) is 38.3 Å². The van der Waals surface area contributed by atoms with Crippen LogP contribution in [0.1, 0.15) is 24.0 Å². The fourth-order valence-corrected chi connectivity index (χ4v) is 7.93. The SMILES string of the molecule is CN1CCN(Cc2ccc(CNC(=O)COCC3CCCN3S(=O)(=O)c3c(Cl)cc(Cl)cc3Cl)cc2)CC1. The second-order valence-electron chi connectivity index (χ2n) is 9.80. The van der Waals surface area contributed by atoms with E-state index in [4.69, 9.17) is 39.5 Å². The van der Waals surface area contributed by atoms with E-state index in [2.05, 4.69) is 34.3 Å². The Morgan fingerprint density at radius 3 is 2.29 bits per heavy atom. The number of ether oxygens (including phenoxy) is 1. The van der Waals surface area contributed by atoms with Gasteiger partial charge in [-0.05, 0) is 43.1 Å². The predicted octanol–water partition coefficient (Wildman–Crippen LogP) is 3.88. The first-order chi connectivity index (χ1) is 18.1. The third-order valence-electron chi connectivity index (χ3n) is 6.91. The molecule has 0 spiro atoms. The van der Waals surface area contributed by atoms with Gasteiger partial charge in [0, 0.05) is 56.9 Å². The van der Waals surface area contributed by atoms with Crippen LogP contribution in [-0.4, -0.2) is 87.5 Å². The van der Waals surface area contributed by atoms with Gasteiger partial charge in [-0.1, -0.05) is 59.1 Å². The van der Waals surface area contributed by atoms with Crippen LogP contribution in [0.25, 0.3) is 0 Å². The summed E-state index contributed by atoms with van der Waals surface area (Å²) in [6.07, 6.45) is 1.29. The average Bonchev–Trinajstić information content (AvgIpc) is 3.34. The van der Waals surface area contributed by atoms with Crippen molar-refractivity contribution in [3.05, 3.63) is 62.6 Å². The van der Waals surface area contributed by atoms with Gasteiger partial charge >= 0.3 is 0 Å². The molecule has 0 radical (unpaired) electrons. The number of benzene rings is 2. The molecule has 0 bridgehead atoms. The molecule has 2 fully saturated rings. The lowest BCUT2D eigenvalue weighted by Gasteiger charge is -2.32. The molecule has 2 saturated heterocycles. The summed E-state index contributed by atoms with van der Waals surface area (Å²) in [5.74, 6) is -0.261. The molecule has 2 aromatic rings. The van der Waals surface area contributed by atoms with E-state index in [1.165, 1.54) is 22.0 Å². The smallest absolute Gasteiger partial charge is 0.246 e. The molecule has 38 heavy (non-hydrogen) atoms.